The fraction of sp³-hybridized carbons (Fsp3) is 0.700. The van der Waals surface area contributed by atoms with Crippen LogP contribution in [0.1, 0.15) is 6.92 Å². The minimum absolute atomic E-state index is 0.119. The number of alkyl halides is 3. The Hall–Kier alpha value is -2.02. The first kappa shape index (κ1) is 15.0. The van der Waals surface area contributed by atoms with Crippen LogP contribution in [0.3, 0.4) is 0 Å². The third-order valence-electron chi connectivity index (χ3n) is 2.86. The molecule has 1 aliphatic heterocycles. The van der Waals surface area contributed by atoms with E-state index in [1.54, 1.807) is 6.07 Å². The predicted molar refractivity (Wildman–Crippen MR) is 56.3 cm³/mol. The molecule has 0 aromatic carbocycles. The van der Waals surface area contributed by atoms with E-state index in [1.165, 1.54) is 18.0 Å². The molecule has 1 rings (SSSR count). The third kappa shape index (κ3) is 3.05. The molecule has 2 unspecified atom stereocenters. The fourth-order valence-electron chi connectivity index (χ4n) is 1.99. The molecule has 0 aromatic rings. The van der Waals surface area contributed by atoms with E-state index >= 15 is 0 Å². The van der Waals surface area contributed by atoms with Crippen molar-refractivity contribution in [2.45, 2.75) is 25.4 Å². The molecule has 0 radical (unpaired) electrons. The van der Waals surface area contributed by atoms with Crippen molar-refractivity contribution in [1.82, 2.24) is 14.7 Å². The van der Waals surface area contributed by atoms with E-state index in [9.17, 15) is 13.2 Å². The van der Waals surface area contributed by atoms with Crippen molar-refractivity contribution in [3.63, 3.8) is 0 Å². The van der Waals surface area contributed by atoms with Crippen molar-refractivity contribution in [2.24, 2.45) is 0 Å². The maximum Gasteiger partial charge on any atom is 0.423 e. The molecule has 6 nitrogen and oxygen atoms in total. The summed E-state index contributed by atoms with van der Waals surface area (Å²) in [6.45, 7) is 0.635. The molecular formula is C10H11F3N6. The zero-order chi connectivity index (χ0) is 14.6. The summed E-state index contributed by atoms with van der Waals surface area (Å²) in [4.78, 5) is 2.77. The van der Waals surface area contributed by atoms with Crippen LogP contribution >= 0.6 is 0 Å². The van der Waals surface area contributed by atoms with Gasteiger partial charge in [0.25, 0.3) is 0 Å². The molecule has 1 aliphatic rings. The summed E-state index contributed by atoms with van der Waals surface area (Å²) in [5.41, 5.74) is 0. The van der Waals surface area contributed by atoms with Gasteiger partial charge in [-0.2, -0.15) is 29.0 Å². The van der Waals surface area contributed by atoms with Crippen LogP contribution in [-0.4, -0.2) is 53.0 Å². The zero-order valence-corrected chi connectivity index (χ0v) is 10.1. The van der Waals surface area contributed by atoms with Crippen molar-refractivity contribution in [1.29, 1.82) is 15.8 Å². The molecule has 0 saturated carbocycles. The molecular weight excluding hydrogens is 261 g/mol. The number of hydrogen-bond donors (Lipinski definition) is 0. The van der Waals surface area contributed by atoms with E-state index < -0.39 is 25.1 Å². The fourth-order valence-corrected chi connectivity index (χ4v) is 1.99. The second-order valence-corrected chi connectivity index (χ2v) is 4.01. The first-order valence-corrected chi connectivity index (χ1v) is 5.33. The van der Waals surface area contributed by atoms with Gasteiger partial charge in [-0.3, -0.25) is 9.80 Å². The van der Waals surface area contributed by atoms with Gasteiger partial charge in [-0.15, -0.1) is 0 Å². The lowest BCUT2D eigenvalue weighted by atomic mass is 10.2. The average molecular weight is 272 g/mol. The molecule has 2 atom stereocenters. The van der Waals surface area contributed by atoms with Crippen molar-refractivity contribution in [2.75, 3.05) is 19.8 Å². The summed E-state index contributed by atoms with van der Waals surface area (Å²) in [6, 6.07) is 3.47. The summed E-state index contributed by atoms with van der Waals surface area (Å²) in [5.74, 6) is 0. The standard InChI is InChI=1S/C10H11F3N6/c1-8-17(4-2-14)7-18(5-3-15)9(10(11,12)13)19(8)6-16/h8-9H,4-5,7H2,1H3. The largest absolute Gasteiger partial charge is 0.423 e. The average Bonchev–Trinajstić information content (AvgIpc) is 2.31. The number of halogens is 3. The Morgan fingerprint density at radius 1 is 1.11 bits per heavy atom. The second kappa shape index (κ2) is 5.75. The van der Waals surface area contributed by atoms with Crippen LogP contribution in [0.15, 0.2) is 0 Å². The van der Waals surface area contributed by atoms with Crippen LogP contribution in [0.25, 0.3) is 0 Å². The maximum atomic E-state index is 13.0. The van der Waals surface area contributed by atoms with Gasteiger partial charge in [0.05, 0.1) is 38.1 Å². The van der Waals surface area contributed by atoms with Crippen LogP contribution in [0.4, 0.5) is 13.2 Å². The molecule has 0 bridgehead atoms. The first-order valence-electron chi connectivity index (χ1n) is 5.33. The Balaban J connectivity index is 3.11. The van der Waals surface area contributed by atoms with E-state index in [0.717, 1.165) is 4.90 Å². The zero-order valence-electron chi connectivity index (χ0n) is 10.1. The summed E-state index contributed by atoms with van der Waals surface area (Å²) in [7, 11) is 0. The summed E-state index contributed by atoms with van der Waals surface area (Å²) in [5, 5.41) is 26.2. The molecule has 0 amide bonds. The molecule has 0 N–H and O–H groups in total. The minimum atomic E-state index is -4.65. The molecule has 19 heavy (non-hydrogen) atoms. The Morgan fingerprint density at radius 3 is 2.05 bits per heavy atom. The number of nitriles is 3. The van der Waals surface area contributed by atoms with Gasteiger partial charge < -0.3 is 0 Å². The molecule has 1 heterocycles. The van der Waals surface area contributed by atoms with Gasteiger partial charge in [-0.25, -0.2) is 4.90 Å². The van der Waals surface area contributed by atoms with Crippen LogP contribution in [0.2, 0.25) is 0 Å². The maximum absolute atomic E-state index is 13.0. The highest BCUT2D eigenvalue weighted by atomic mass is 19.4. The molecule has 1 saturated heterocycles. The molecule has 9 heteroatoms. The topological polar surface area (TPSA) is 81.1 Å². The van der Waals surface area contributed by atoms with Gasteiger partial charge in [0.2, 0.25) is 0 Å². The van der Waals surface area contributed by atoms with E-state index in [1.807, 2.05) is 6.07 Å². The molecule has 0 spiro atoms. The van der Waals surface area contributed by atoms with Gasteiger partial charge in [0.1, 0.15) is 0 Å². The van der Waals surface area contributed by atoms with E-state index in [-0.39, 0.29) is 13.2 Å². The summed E-state index contributed by atoms with van der Waals surface area (Å²) in [6.07, 6.45) is -6.15. The number of rotatable bonds is 2. The van der Waals surface area contributed by atoms with Crippen molar-refractivity contribution >= 4 is 0 Å². The van der Waals surface area contributed by atoms with E-state index in [2.05, 4.69) is 0 Å². The molecule has 0 aromatic heterocycles. The van der Waals surface area contributed by atoms with Gasteiger partial charge in [-0.1, -0.05) is 0 Å². The number of nitrogens with zero attached hydrogens (tertiary/aromatic N) is 6. The van der Waals surface area contributed by atoms with Crippen LogP contribution in [0.5, 0.6) is 0 Å². The highest BCUT2D eigenvalue weighted by molar-refractivity contribution is 4.98. The highest BCUT2D eigenvalue weighted by Gasteiger charge is 2.52. The van der Waals surface area contributed by atoms with Crippen molar-refractivity contribution in [3.05, 3.63) is 0 Å². The van der Waals surface area contributed by atoms with E-state index in [0.29, 0.717) is 4.90 Å². The Kier molecular flexibility index (Phi) is 4.55. The summed E-state index contributed by atoms with van der Waals surface area (Å²) >= 11 is 0. The van der Waals surface area contributed by atoms with Gasteiger partial charge in [0.15, 0.2) is 12.4 Å². The quantitative estimate of drug-likeness (QED) is 0.541. The smallest absolute Gasteiger partial charge is 0.268 e. The molecule has 0 aliphatic carbocycles. The monoisotopic (exact) mass is 272 g/mol. The minimum Gasteiger partial charge on any atom is -0.268 e. The first-order chi connectivity index (χ1) is 8.86. The predicted octanol–water partition coefficient (Wildman–Crippen LogP) is 0.626. The van der Waals surface area contributed by atoms with Gasteiger partial charge in [-0.05, 0) is 6.92 Å². The summed E-state index contributed by atoms with van der Waals surface area (Å²) < 4.78 is 39.0. The Bertz CT molecular complexity index is 442. The van der Waals surface area contributed by atoms with Crippen LogP contribution in [-0.2, 0) is 0 Å². The molecule has 102 valence electrons. The number of hydrogen-bond acceptors (Lipinski definition) is 6. The van der Waals surface area contributed by atoms with Gasteiger partial charge in [0, 0.05) is 0 Å². The van der Waals surface area contributed by atoms with Crippen LogP contribution in [0, 0.1) is 34.1 Å². The lowest BCUT2D eigenvalue weighted by Crippen LogP contribution is -2.68. The van der Waals surface area contributed by atoms with E-state index in [4.69, 9.17) is 15.8 Å². The van der Waals surface area contributed by atoms with Crippen LogP contribution < -0.4 is 0 Å². The van der Waals surface area contributed by atoms with Crippen molar-refractivity contribution < 1.29 is 13.2 Å². The normalized spacial score (nSPS) is 25.4. The second-order valence-electron chi connectivity index (χ2n) is 4.01. The third-order valence-corrected chi connectivity index (χ3v) is 2.86. The molecule has 1 fully saturated rings. The Morgan fingerprint density at radius 2 is 1.63 bits per heavy atom. The highest BCUT2D eigenvalue weighted by Crippen LogP contribution is 2.32. The lowest BCUT2D eigenvalue weighted by Gasteiger charge is -2.48. The van der Waals surface area contributed by atoms with Crippen molar-refractivity contribution in [3.8, 4) is 18.3 Å². The SMILES string of the molecule is CC1N(CC#N)CN(CC#N)C(C(F)(F)F)N1C#N. The van der Waals surface area contributed by atoms with Gasteiger partial charge >= 0.3 is 6.18 Å². The lowest BCUT2D eigenvalue weighted by molar-refractivity contribution is -0.251. The Labute approximate surface area is 108 Å².